The Bertz CT molecular complexity index is 600. The van der Waals surface area contributed by atoms with Crippen molar-refractivity contribution in [3.63, 3.8) is 0 Å². The molecule has 0 atom stereocenters. The van der Waals surface area contributed by atoms with Gasteiger partial charge in [-0.25, -0.2) is 17.9 Å². The summed E-state index contributed by atoms with van der Waals surface area (Å²) in [6.07, 6.45) is 4.95. The Morgan fingerprint density at radius 3 is 2.48 bits per heavy atom. The van der Waals surface area contributed by atoms with Crippen molar-refractivity contribution < 1.29 is 23.4 Å². The Kier molecular flexibility index (Phi) is 5.03. The zero-order valence-corrected chi connectivity index (χ0v) is 13.2. The molecule has 0 amide bonds. The van der Waals surface area contributed by atoms with Crippen LogP contribution in [0.1, 0.15) is 48.2 Å². The van der Waals surface area contributed by atoms with Gasteiger partial charge in [0.1, 0.15) is 9.77 Å². The molecule has 1 aromatic rings. The fourth-order valence-corrected chi connectivity index (χ4v) is 4.91. The van der Waals surface area contributed by atoms with Gasteiger partial charge in [0, 0.05) is 6.54 Å². The van der Waals surface area contributed by atoms with E-state index in [2.05, 4.69) is 4.72 Å². The van der Waals surface area contributed by atoms with Crippen LogP contribution >= 0.6 is 11.3 Å². The van der Waals surface area contributed by atoms with Crippen molar-refractivity contribution in [3.8, 4) is 0 Å². The standard InChI is InChI=1S/C13H19NO5S2/c15-12(16)11-10(5-8-20-11)21(18,19)14-9-13(17)6-3-1-2-4-7-13/h5,8,14,17H,1-4,6-7,9H2,(H,15,16). The van der Waals surface area contributed by atoms with Gasteiger partial charge in [0.2, 0.25) is 10.0 Å². The molecule has 0 unspecified atom stereocenters. The van der Waals surface area contributed by atoms with Crippen LogP contribution in [-0.4, -0.2) is 36.7 Å². The van der Waals surface area contributed by atoms with Gasteiger partial charge in [-0.3, -0.25) is 0 Å². The van der Waals surface area contributed by atoms with Gasteiger partial charge < -0.3 is 10.2 Å². The second-order valence-electron chi connectivity index (χ2n) is 5.38. The molecule has 0 aliphatic heterocycles. The number of rotatable bonds is 5. The lowest BCUT2D eigenvalue weighted by atomic mass is 9.95. The highest BCUT2D eigenvalue weighted by atomic mass is 32.2. The molecule has 6 nitrogen and oxygen atoms in total. The first-order valence-electron chi connectivity index (χ1n) is 6.87. The van der Waals surface area contributed by atoms with Gasteiger partial charge in [0.15, 0.2) is 0 Å². The van der Waals surface area contributed by atoms with Gasteiger partial charge in [-0.2, -0.15) is 0 Å². The normalized spacial score (nSPS) is 19.1. The highest BCUT2D eigenvalue weighted by Crippen LogP contribution is 2.27. The van der Waals surface area contributed by atoms with Crippen LogP contribution in [0, 0.1) is 0 Å². The van der Waals surface area contributed by atoms with E-state index in [-0.39, 0.29) is 16.3 Å². The Balaban J connectivity index is 2.10. The van der Waals surface area contributed by atoms with Crippen LogP contribution in [0.5, 0.6) is 0 Å². The van der Waals surface area contributed by atoms with E-state index in [9.17, 15) is 18.3 Å². The molecule has 1 heterocycles. The van der Waals surface area contributed by atoms with Gasteiger partial charge in [-0.1, -0.05) is 25.7 Å². The summed E-state index contributed by atoms with van der Waals surface area (Å²) in [5.41, 5.74) is -1.04. The minimum atomic E-state index is -3.92. The molecule has 1 saturated carbocycles. The number of hydrogen-bond acceptors (Lipinski definition) is 5. The van der Waals surface area contributed by atoms with E-state index in [1.54, 1.807) is 0 Å². The van der Waals surface area contributed by atoms with E-state index >= 15 is 0 Å². The quantitative estimate of drug-likeness (QED) is 0.713. The molecule has 0 spiro atoms. The summed E-state index contributed by atoms with van der Waals surface area (Å²) in [5.74, 6) is -1.27. The van der Waals surface area contributed by atoms with E-state index in [0.29, 0.717) is 12.8 Å². The van der Waals surface area contributed by atoms with Crippen molar-refractivity contribution in [1.82, 2.24) is 4.72 Å². The van der Waals surface area contributed by atoms with Gasteiger partial charge in [-0.05, 0) is 24.3 Å². The Hall–Kier alpha value is -0.960. The third-order valence-corrected chi connectivity index (χ3v) is 6.21. The third-order valence-electron chi connectivity index (χ3n) is 3.74. The molecular formula is C13H19NO5S2. The Labute approximate surface area is 127 Å². The van der Waals surface area contributed by atoms with E-state index in [1.807, 2.05) is 0 Å². The molecule has 1 aliphatic rings. The van der Waals surface area contributed by atoms with E-state index in [0.717, 1.165) is 37.0 Å². The van der Waals surface area contributed by atoms with Crippen molar-refractivity contribution in [2.75, 3.05) is 6.54 Å². The summed E-state index contributed by atoms with van der Waals surface area (Å²) >= 11 is 0.867. The summed E-state index contributed by atoms with van der Waals surface area (Å²) in [7, 11) is -3.92. The van der Waals surface area contributed by atoms with Crippen molar-refractivity contribution in [2.45, 2.75) is 49.0 Å². The maximum atomic E-state index is 12.2. The van der Waals surface area contributed by atoms with E-state index < -0.39 is 21.6 Å². The summed E-state index contributed by atoms with van der Waals surface area (Å²) in [4.78, 5) is 10.6. The molecule has 21 heavy (non-hydrogen) atoms. The van der Waals surface area contributed by atoms with E-state index in [1.165, 1.54) is 11.4 Å². The van der Waals surface area contributed by atoms with Gasteiger partial charge in [0.05, 0.1) is 5.60 Å². The summed E-state index contributed by atoms with van der Waals surface area (Å²) in [6, 6.07) is 1.27. The maximum absolute atomic E-state index is 12.2. The van der Waals surface area contributed by atoms with E-state index in [4.69, 9.17) is 5.11 Å². The number of hydrogen-bond donors (Lipinski definition) is 3. The minimum Gasteiger partial charge on any atom is -0.477 e. The van der Waals surface area contributed by atoms with Crippen molar-refractivity contribution in [1.29, 1.82) is 0 Å². The first-order valence-corrected chi connectivity index (χ1v) is 9.23. The minimum absolute atomic E-state index is 0.0791. The van der Waals surface area contributed by atoms with Crippen molar-refractivity contribution in [2.24, 2.45) is 0 Å². The first kappa shape index (κ1) is 16.4. The number of carboxylic acid groups (broad SMARTS) is 1. The van der Waals surface area contributed by atoms with Crippen LogP contribution in [0.15, 0.2) is 16.3 Å². The van der Waals surface area contributed by atoms with Crippen LogP contribution in [-0.2, 0) is 10.0 Å². The van der Waals surface area contributed by atoms with Crippen LogP contribution in [0.3, 0.4) is 0 Å². The number of thiophene rings is 1. The highest BCUT2D eigenvalue weighted by molar-refractivity contribution is 7.89. The van der Waals surface area contributed by atoms with Crippen LogP contribution in [0.25, 0.3) is 0 Å². The molecule has 3 N–H and O–H groups in total. The van der Waals surface area contributed by atoms with Crippen molar-refractivity contribution in [3.05, 3.63) is 16.3 Å². The number of aromatic carboxylic acids is 1. The molecule has 0 radical (unpaired) electrons. The zero-order valence-electron chi connectivity index (χ0n) is 11.5. The predicted octanol–water partition coefficient (Wildman–Crippen LogP) is 1.81. The fraction of sp³-hybridized carbons (Fsp3) is 0.615. The predicted molar refractivity (Wildman–Crippen MR) is 79.1 cm³/mol. The van der Waals surface area contributed by atoms with Gasteiger partial charge in [0.25, 0.3) is 0 Å². The van der Waals surface area contributed by atoms with Crippen LogP contribution in [0.2, 0.25) is 0 Å². The summed E-state index contributed by atoms with van der Waals surface area (Å²) < 4.78 is 26.8. The second-order valence-corrected chi connectivity index (χ2v) is 8.03. The lowest BCUT2D eigenvalue weighted by Crippen LogP contribution is -2.42. The monoisotopic (exact) mass is 333 g/mol. The number of aliphatic hydroxyl groups is 1. The number of sulfonamides is 1. The van der Waals surface area contributed by atoms with Crippen molar-refractivity contribution >= 4 is 27.3 Å². The molecule has 118 valence electrons. The van der Waals surface area contributed by atoms with Gasteiger partial charge >= 0.3 is 5.97 Å². The van der Waals surface area contributed by atoms with Crippen LogP contribution in [0.4, 0.5) is 0 Å². The largest absolute Gasteiger partial charge is 0.477 e. The summed E-state index contributed by atoms with van der Waals surface area (Å²) in [6.45, 7) is -0.0791. The molecule has 2 rings (SSSR count). The SMILES string of the molecule is O=C(O)c1sccc1S(=O)(=O)NCC1(O)CCCCCC1. The fourth-order valence-electron chi connectivity index (χ4n) is 2.54. The first-order chi connectivity index (χ1) is 9.84. The smallest absolute Gasteiger partial charge is 0.347 e. The lowest BCUT2D eigenvalue weighted by molar-refractivity contribution is 0.0303. The molecular weight excluding hydrogens is 314 g/mol. The van der Waals surface area contributed by atoms with Gasteiger partial charge in [-0.15, -0.1) is 11.3 Å². The average molecular weight is 333 g/mol. The number of carbonyl (C=O) groups is 1. The lowest BCUT2D eigenvalue weighted by Gasteiger charge is -2.26. The molecule has 0 saturated heterocycles. The molecule has 1 aromatic heterocycles. The van der Waals surface area contributed by atoms with Crippen LogP contribution < -0.4 is 4.72 Å². The third kappa shape index (κ3) is 4.03. The molecule has 1 fully saturated rings. The Morgan fingerprint density at radius 2 is 1.90 bits per heavy atom. The topological polar surface area (TPSA) is 104 Å². The molecule has 0 aromatic carbocycles. The maximum Gasteiger partial charge on any atom is 0.347 e. The average Bonchev–Trinajstić information content (AvgIpc) is 2.82. The molecule has 1 aliphatic carbocycles. The number of carboxylic acids is 1. The second kappa shape index (κ2) is 6.43. The number of nitrogens with one attached hydrogen (secondary N) is 1. The molecule has 8 heteroatoms. The highest BCUT2D eigenvalue weighted by Gasteiger charge is 2.31. The summed E-state index contributed by atoms with van der Waals surface area (Å²) in [5, 5.41) is 20.9. The molecule has 0 bridgehead atoms. The zero-order chi connectivity index (χ0) is 15.5. The Morgan fingerprint density at radius 1 is 1.29 bits per heavy atom.